The number of nitrogens with zero attached hydrogens (tertiary/aromatic N) is 1. The molecule has 1 aromatic carbocycles. The molecule has 4 rings (SSSR count). The summed E-state index contributed by atoms with van der Waals surface area (Å²) >= 11 is 0. The number of hydrogen-bond acceptors (Lipinski definition) is 3. The van der Waals surface area contributed by atoms with Crippen LogP contribution < -0.4 is 5.32 Å². The highest BCUT2D eigenvalue weighted by Crippen LogP contribution is 2.50. The van der Waals surface area contributed by atoms with Gasteiger partial charge >= 0.3 is 0 Å². The quantitative estimate of drug-likeness (QED) is 0.894. The third kappa shape index (κ3) is 2.74. The van der Waals surface area contributed by atoms with E-state index in [1.165, 1.54) is 0 Å². The second kappa shape index (κ2) is 6.45. The van der Waals surface area contributed by atoms with Crippen LogP contribution in [0.2, 0.25) is 0 Å². The van der Waals surface area contributed by atoms with Crippen LogP contribution in [0.1, 0.15) is 60.4 Å². The maximum absolute atomic E-state index is 13.2. The second-order valence-electron chi connectivity index (χ2n) is 7.56. The molecule has 1 N–H and O–H groups in total. The number of benzene rings is 1. The highest BCUT2D eigenvalue weighted by atomic mass is 16.5. The Balaban J connectivity index is 1.80. The van der Waals surface area contributed by atoms with Crippen molar-refractivity contribution in [2.45, 2.75) is 56.0 Å². The van der Waals surface area contributed by atoms with E-state index in [4.69, 9.17) is 4.74 Å². The molecule has 3 aliphatic rings. The Kier molecular flexibility index (Phi) is 4.28. The fraction of sp³-hybridized carbons (Fsp3) is 0.600. The lowest BCUT2D eigenvalue weighted by Gasteiger charge is -2.50. The third-order valence-electron chi connectivity index (χ3n) is 6.00. The maximum Gasteiger partial charge on any atom is 0.254 e. The summed E-state index contributed by atoms with van der Waals surface area (Å²) in [7, 11) is 1.65. The van der Waals surface area contributed by atoms with Crippen molar-refractivity contribution in [1.29, 1.82) is 0 Å². The maximum atomic E-state index is 13.2. The molecule has 1 aromatic rings. The average Bonchev–Trinajstić information content (AvgIpc) is 3.30. The van der Waals surface area contributed by atoms with Gasteiger partial charge in [0.15, 0.2) is 0 Å². The standard InChI is InChI=1S/C20H26N2O3/c1-25-13-12-22-19(24)16-7-3-2-6-15(16)17(18(23)21-14-8-9-14)20(22)10-4-5-11-20/h2-3,6-7,14,17H,4-5,8-13H2,1H3,(H,21,23)/t17-/m1/s1. The van der Waals surface area contributed by atoms with E-state index in [1.54, 1.807) is 7.11 Å². The minimum atomic E-state index is -0.400. The topological polar surface area (TPSA) is 58.6 Å². The van der Waals surface area contributed by atoms with Gasteiger partial charge in [-0.1, -0.05) is 31.0 Å². The van der Waals surface area contributed by atoms with Crippen LogP contribution in [0.15, 0.2) is 24.3 Å². The Labute approximate surface area is 148 Å². The Morgan fingerprint density at radius 1 is 1.28 bits per heavy atom. The zero-order chi connectivity index (χ0) is 17.4. The molecule has 1 aliphatic heterocycles. The molecule has 0 radical (unpaired) electrons. The molecule has 0 saturated heterocycles. The van der Waals surface area contributed by atoms with Gasteiger partial charge in [0.1, 0.15) is 0 Å². The van der Waals surface area contributed by atoms with Crippen molar-refractivity contribution >= 4 is 11.8 Å². The molecule has 2 saturated carbocycles. The van der Waals surface area contributed by atoms with Crippen molar-refractivity contribution in [3.8, 4) is 0 Å². The summed E-state index contributed by atoms with van der Waals surface area (Å²) in [6.45, 7) is 1.03. The van der Waals surface area contributed by atoms with Gasteiger partial charge in [-0.05, 0) is 37.3 Å². The van der Waals surface area contributed by atoms with Crippen molar-refractivity contribution in [3.05, 3.63) is 35.4 Å². The van der Waals surface area contributed by atoms with Crippen LogP contribution in [0.4, 0.5) is 0 Å². The Morgan fingerprint density at radius 3 is 2.68 bits per heavy atom. The van der Waals surface area contributed by atoms with E-state index in [1.807, 2.05) is 29.2 Å². The summed E-state index contributed by atoms with van der Waals surface area (Å²) in [5.41, 5.74) is 1.18. The number of methoxy groups -OCH3 is 1. The minimum Gasteiger partial charge on any atom is -0.383 e. The Bertz CT molecular complexity index is 677. The predicted molar refractivity (Wildman–Crippen MR) is 94.5 cm³/mol. The summed E-state index contributed by atoms with van der Waals surface area (Å²) < 4.78 is 5.26. The Hall–Kier alpha value is -1.88. The molecule has 0 aromatic heterocycles. The molecular formula is C20H26N2O3. The molecule has 5 nitrogen and oxygen atoms in total. The highest BCUT2D eigenvalue weighted by Gasteiger charge is 2.55. The number of carbonyl (C=O) groups is 2. The average molecular weight is 342 g/mol. The van der Waals surface area contributed by atoms with Crippen molar-refractivity contribution < 1.29 is 14.3 Å². The van der Waals surface area contributed by atoms with Crippen LogP contribution in [-0.4, -0.2) is 48.6 Å². The molecular weight excluding hydrogens is 316 g/mol. The van der Waals surface area contributed by atoms with Gasteiger partial charge in [-0.25, -0.2) is 0 Å². The third-order valence-corrected chi connectivity index (χ3v) is 6.00. The summed E-state index contributed by atoms with van der Waals surface area (Å²) in [5, 5.41) is 3.20. The molecule has 0 bridgehead atoms. The van der Waals surface area contributed by atoms with Crippen LogP contribution in [0, 0.1) is 0 Å². The van der Waals surface area contributed by atoms with Gasteiger partial charge in [0.2, 0.25) is 5.91 Å². The van der Waals surface area contributed by atoms with E-state index in [0.717, 1.165) is 44.1 Å². The number of rotatable bonds is 5. The van der Waals surface area contributed by atoms with Crippen LogP contribution in [-0.2, 0) is 9.53 Å². The molecule has 2 amide bonds. The molecule has 2 fully saturated rings. The van der Waals surface area contributed by atoms with Crippen molar-refractivity contribution in [2.24, 2.45) is 0 Å². The molecule has 25 heavy (non-hydrogen) atoms. The lowest BCUT2D eigenvalue weighted by Crippen LogP contribution is -2.61. The lowest BCUT2D eigenvalue weighted by molar-refractivity contribution is -0.126. The van der Waals surface area contributed by atoms with Crippen LogP contribution in [0.25, 0.3) is 0 Å². The van der Waals surface area contributed by atoms with Crippen LogP contribution in [0.3, 0.4) is 0 Å². The van der Waals surface area contributed by atoms with Gasteiger partial charge in [-0.3, -0.25) is 9.59 Å². The van der Waals surface area contributed by atoms with Crippen molar-refractivity contribution in [1.82, 2.24) is 10.2 Å². The summed E-state index contributed by atoms with van der Waals surface area (Å²) in [4.78, 5) is 28.4. The predicted octanol–water partition coefficient (Wildman–Crippen LogP) is 2.46. The second-order valence-corrected chi connectivity index (χ2v) is 7.56. The number of ether oxygens (including phenoxy) is 1. The van der Waals surface area contributed by atoms with Gasteiger partial charge in [-0.15, -0.1) is 0 Å². The normalized spacial score (nSPS) is 24.4. The summed E-state index contributed by atoms with van der Waals surface area (Å²) in [5.74, 6) is -0.141. The molecule has 2 aliphatic carbocycles. The van der Waals surface area contributed by atoms with Crippen LogP contribution in [0.5, 0.6) is 0 Å². The first-order valence-electron chi connectivity index (χ1n) is 9.37. The number of carbonyl (C=O) groups excluding carboxylic acids is 2. The molecule has 134 valence electrons. The van der Waals surface area contributed by atoms with Gasteiger partial charge in [-0.2, -0.15) is 0 Å². The molecule has 0 unspecified atom stereocenters. The molecule has 1 heterocycles. The van der Waals surface area contributed by atoms with Crippen LogP contribution >= 0.6 is 0 Å². The fourth-order valence-corrected chi connectivity index (χ4v) is 4.69. The zero-order valence-electron chi connectivity index (χ0n) is 14.8. The molecule has 1 spiro atoms. The summed E-state index contributed by atoms with van der Waals surface area (Å²) in [6.07, 6.45) is 6.04. The fourth-order valence-electron chi connectivity index (χ4n) is 4.69. The van der Waals surface area contributed by atoms with E-state index in [2.05, 4.69) is 5.32 Å². The van der Waals surface area contributed by atoms with Crippen molar-refractivity contribution in [2.75, 3.05) is 20.3 Å². The number of fused-ring (bicyclic) bond motifs is 1. The summed E-state index contributed by atoms with van der Waals surface area (Å²) in [6, 6.07) is 7.97. The smallest absolute Gasteiger partial charge is 0.254 e. The largest absolute Gasteiger partial charge is 0.383 e. The van der Waals surface area contributed by atoms with Gasteiger partial charge < -0.3 is 15.0 Å². The number of hydrogen-bond donors (Lipinski definition) is 1. The van der Waals surface area contributed by atoms with Gasteiger partial charge in [0, 0.05) is 25.3 Å². The first-order chi connectivity index (χ1) is 12.2. The molecule has 5 heteroatoms. The Morgan fingerprint density at radius 2 is 2.00 bits per heavy atom. The van der Waals surface area contributed by atoms with E-state index in [9.17, 15) is 9.59 Å². The molecule has 1 atom stereocenters. The van der Waals surface area contributed by atoms with Gasteiger partial charge in [0.25, 0.3) is 5.91 Å². The number of nitrogens with one attached hydrogen (secondary N) is 1. The minimum absolute atomic E-state index is 0.0463. The van der Waals surface area contributed by atoms with Gasteiger partial charge in [0.05, 0.1) is 18.1 Å². The van der Waals surface area contributed by atoms with E-state index in [-0.39, 0.29) is 17.7 Å². The lowest BCUT2D eigenvalue weighted by atomic mass is 9.71. The van der Waals surface area contributed by atoms with E-state index in [0.29, 0.717) is 24.8 Å². The van der Waals surface area contributed by atoms with E-state index < -0.39 is 5.54 Å². The monoisotopic (exact) mass is 342 g/mol. The van der Waals surface area contributed by atoms with E-state index >= 15 is 0 Å². The zero-order valence-corrected chi connectivity index (χ0v) is 14.8. The van der Waals surface area contributed by atoms with Crippen molar-refractivity contribution in [3.63, 3.8) is 0 Å². The first-order valence-corrected chi connectivity index (χ1v) is 9.37. The highest BCUT2D eigenvalue weighted by molar-refractivity contribution is 6.02. The SMILES string of the molecule is COCCN1C(=O)c2ccccc2[C@H](C(=O)NC2CC2)C12CCCC2. The first kappa shape index (κ1) is 16.6. The number of amides is 2.